The second kappa shape index (κ2) is 10.2. The molecular weight excluding hydrogens is 536 g/mol. The second-order valence-electron chi connectivity index (χ2n) is 9.83. The molecule has 2 aromatic carbocycles. The number of likely N-dealkylation sites (tertiary alicyclic amines) is 1. The number of carbonyl (C=O) groups excluding carboxylic acids is 2. The number of aromatic nitrogens is 1. The monoisotopic (exact) mass is 566 g/mol. The molecule has 1 fully saturated rings. The molecule has 0 radical (unpaired) electrons. The molecule has 2 aliphatic rings. The molecule has 40 heavy (non-hydrogen) atoms. The van der Waals surface area contributed by atoms with Crippen LogP contribution in [0, 0.1) is 0 Å². The van der Waals surface area contributed by atoms with Crippen molar-refractivity contribution < 1.29 is 32.6 Å². The normalized spacial score (nSPS) is 22.7. The van der Waals surface area contributed by atoms with Crippen molar-refractivity contribution in [1.29, 1.82) is 0 Å². The van der Waals surface area contributed by atoms with Crippen molar-refractivity contribution in [3.63, 3.8) is 0 Å². The fraction of sp³-hybridized carbons (Fsp3) is 0.321. The summed E-state index contributed by atoms with van der Waals surface area (Å²) >= 11 is 0. The van der Waals surface area contributed by atoms with Gasteiger partial charge in [0.05, 0.1) is 36.9 Å². The molecule has 12 heteroatoms. The van der Waals surface area contributed by atoms with Gasteiger partial charge in [0.25, 0.3) is 15.9 Å². The molecule has 1 saturated heterocycles. The quantitative estimate of drug-likeness (QED) is 0.453. The maximum atomic E-state index is 15.0. The molecule has 210 valence electrons. The molecule has 0 saturated carbocycles. The molecule has 2 amide bonds. The van der Waals surface area contributed by atoms with E-state index in [-0.39, 0.29) is 46.5 Å². The highest BCUT2D eigenvalue weighted by Gasteiger charge is 2.64. The van der Waals surface area contributed by atoms with Crippen LogP contribution in [-0.4, -0.2) is 87.1 Å². The Balaban J connectivity index is 1.89. The highest BCUT2D eigenvalue weighted by Crippen LogP contribution is 2.54. The number of methoxy groups -OCH3 is 2. The number of likely N-dealkylation sites (N-methyl/N-ethyl adjacent to an activating group) is 1. The van der Waals surface area contributed by atoms with E-state index in [2.05, 4.69) is 4.98 Å². The first-order valence-electron chi connectivity index (χ1n) is 12.6. The number of carbonyl (C=O) groups is 2. The summed E-state index contributed by atoms with van der Waals surface area (Å²) in [6, 6.07) is 14.6. The third-order valence-electron chi connectivity index (χ3n) is 7.38. The smallest absolute Gasteiger partial charge is 0.271 e. The first-order chi connectivity index (χ1) is 19.1. The van der Waals surface area contributed by atoms with E-state index >= 15 is 0 Å². The molecule has 5 rings (SSSR count). The van der Waals surface area contributed by atoms with Gasteiger partial charge < -0.3 is 19.5 Å². The van der Waals surface area contributed by atoms with Crippen LogP contribution >= 0.6 is 0 Å². The summed E-state index contributed by atoms with van der Waals surface area (Å²) < 4.78 is 40.1. The molecule has 3 aromatic rings. The number of aliphatic hydroxyl groups excluding tert-OH is 1. The predicted octanol–water partition coefficient (Wildman–Crippen LogP) is 1.60. The molecule has 0 bridgehead atoms. The summed E-state index contributed by atoms with van der Waals surface area (Å²) in [7, 11) is 1.61. The molecule has 2 aliphatic heterocycles. The van der Waals surface area contributed by atoms with Gasteiger partial charge in [0.15, 0.2) is 5.54 Å². The number of fused-ring (bicyclic) bond motifs is 1. The van der Waals surface area contributed by atoms with Gasteiger partial charge in [0.2, 0.25) is 11.8 Å². The summed E-state index contributed by atoms with van der Waals surface area (Å²) in [6.45, 7) is -0.0933. The number of sulfonamides is 1. The van der Waals surface area contributed by atoms with E-state index in [1.807, 2.05) is 0 Å². The summed E-state index contributed by atoms with van der Waals surface area (Å²) in [6.07, 6.45) is 0.566. The van der Waals surface area contributed by atoms with Gasteiger partial charge in [0, 0.05) is 38.0 Å². The van der Waals surface area contributed by atoms with Gasteiger partial charge in [-0.05, 0) is 48.9 Å². The van der Waals surface area contributed by atoms with E-state index in [0.29, 0.717) is 5.75 Å². The van der Waals surface area contributed by atoms with Crippen molar-refractivity contribution in [1.82, 2.24) is 14.8 Å². The molecule has 3 heterocycles. The van der Waals surface area contributed by atoms with E-state index in [1.165, 1.54) is 43.5 Å². The fourth-order valence-electron chi connectivity index (χ4n) is 5.66. The van der Waals surface area contributed by atoms with E-state index in [4.69, 9.17) is 9.47 Å². The maximum absolute atomic E-state index is 15.0. The zero-order chi connectivity index (χ0) is 28.8. The average Bonchev–Trinajstić information content (AvgIpc) is 3.47. The Morgan fingerprint density at radius 2 is 1.77 bits per heavy atom. The number of hydrogen-bond acceptors (Lipinski definition) is 9. The van der Waals surface area contributed by atoms with Gasteiger partial charge in [-0.1, -0.05) is 18.2 Å². The minimum Gasteiger partial charge on any atom is -0.497 e. The first kappa shape index (κ1) is 27.6. The Labute approximate surface area is 232 Å². The van der Waals surface area contributed by atoms with Crippen molar-refractivity contribution in [3.05, 3.63) is 78.0 Å². The third kappa shape index (κ3) is 4.02. The van der Waals surface area contributed by atoms with Crippen LogP contribution in [0.2, 0.25) is 0 Å². The van der Waals surface area contributed by atoms with Crippen LogP contribution in [-0.2, 0) is 25.2 Å². The standard InChI is InChI=1S/C28H30N4O7S/c1-30(2)26(34)24-15-18(33)17-31(24)28(21-11-8-14-29-25(21)39-4)22-16-19(38-3)12-13-23(22)32(27(28)35)40(36,37)20-9-6-5-7-10-20/h5-14,16,18,24,33H,15,17H2,1-4H3/t18-,24+,28?/m1/s1. The maximum Gasteiger partial charge on any atom is 0.271 e. The number of anilines is 1. The molecule has 1 unspecified atom stereocenters. The molecule has 0 spiro atoms. The van der Waals surface area contributed by atoms with Crippen LogP contribution in [0.3, 0.4) is 0 Å². The van der Waals surface area contributed by atoms with Gasteiger partial charge in [-0.25, -0.2) is 17.7 Å². The zero-order valence-corrected chi connectivity index (χ0v) is 23.3. The lowest BCUT2D eigenvalue weighted by Crippen LogP contribution is -2.59. The molecule has 1 aromatic heterocycles. The number of rotatable bonds is 7. The van der Waals surface area contributed by atoms with Gasteiger partial charge in [-0.2, -0.15) is 0 Å². The van der Waals surface area contributed by atoms with Gasteiger partial charge in [-0.15, -0.1) is 0 Å². The van der Waals surface area contributed by atoms with Gasteiger partial charge >= 0.3 is 0 Å². The molecule has 0 aliphatic carbocycles. The lowest BCUT2D eigenvalue weighted by Gasteiger charge is -2.41. The van der Waals surface area contributed by atoms with E-state index < -0.39 is 33.6 Å². The Bertz CT molecular complexity index is 1560. The van der Waals surface area contributed by atoms with Crippen LogP contribution in [0.4, 0.5) is 5.69 Å². The summed E-state index contributed by atoms with van der Waals surface area (Å²) in [4.78, 5) is 35.7. The molecule has 3 atom stereocenters. The number of amides is 2. The van der Waals surface area contributed by atoms with Crippen LogP contribution < -0.4 is 13.8 Å². The van der Waals surface area contributed by atoms with E-state index in [0.717, 1.165) is 4.31 Å². The van der Waals surface area contributed by atoms with Crippen LogP contribution in [0.25, 0.3) is 0 Å². The topological polar surface area (TPSA) is 130 Å². The largest absolute Gasteiger partial charge is 0.497 e. The van der Waals surface area contributed by atoms with Crippen molar-refractivity contribution in [3.8, 4) is 11.6 Å². The van der Waals surface area contributed by atoms with Crippen LogP contribution in [0.15, 0.2) is 71.8 Å². The lowest BCUT2D eigenvalue weighted by atomic mass is 9.81. The van der Waals surface area contributed by atoms with E-state index in [1.54, 1.807) is 61.5 Å². The van der Waals surface area contributed by atoms with Crippen LogP contribution in [0.1, 0.15) is 17.5 Å². The SMILES string of the molecule is COc1ccc2c(c1)C(c1cccnc1OC)(N1C[C@H](O)C[C@H]1C(=O)N(C)C)C(=O)N2S(=O)(=O)c1ccccc1. The number of hydrogen-bond donors (Lipinski definition) is 1. The Hall–Kier alpha value is -4.00. The minimum absolute atomic E-state index is 0.0410. The Morgan fingerprint density at radius 1 is 1.05 bits per heavy atom. The van der Waals surface area contributed by atoms with E-state index in [9.17, 15) is 23.1 Å². The van der Waals surface area contributed by atoms with Crippen molar-refractivity contribution >= 4 is 27.5 Å². The highest BCUT2D eigenvalue weighted by molar-refractivity contribution is 7.93. The number of pyridine rings is 1. The molecule has 1 N–H and O–H groups in total. The van der Waals surface area contributed by atoms with Gasteiger partial charge in [-0.3, -0.25) is 14.5 Å². The number of benzene rings is 2. The number of aliphatic hydroxyl groups is 1. The second-order valence-corrected chi connectivity index (χ2v) is 11.6. The number of β-amino-alcohol motifs (C(OH)–C–C–N with tert-alkyl or cyclic N) is 1. The lowest BCUT2D eigenvalue weighted by molar-refractivity contribution is -0.138. The zero-order valence-electron chi connectivity index (χ0n) is 22.5. The summed E-state index contributed by atoms with van der Waals surface area (Å²) in [5.74, 6) is -0.758. The molecule has 11 nitrogen and oxygen atoms in total. The third-order valence-corrected chi connectivity index (χ3v) is 9.09. The number of ether oxygens (including phenoxy) is 2. The first-order valence-corrected chi connectivity index (χ1v) is 14.0. The van der Waals surface area contributed by atoms with Crippen molar-refractivity contribution in [2.75, 3.05) is 39.2 Å². The van der Waals surface area contributed by atoms with Gasteiger partial charge in [0.1, 0.15) is 5.75 Å². The Kier molecular flexibility index (Phi) is 7.02. The fourth-order valence-corrected chi connectivity index (χ4v) is 7.14. The van der Waals surface area contributed by atoms with Crippen LogP contribution in [0.5, 0.6) is 11.6 Å². The number of nitrogens with zero attached hydrogens (tertiary/aromatic N) is 4. The summed E-state index contributed by atoms with van der Waals surface area (Å²) in [5.41, 5.74) is -1.33. The van der Waals surface area contributed by atoms with Crippen molar-refractivity contribution in [2.24, 2.45) is 0 Å². The van der Waals surface area contributed by atoms with Crippen molar-refractivity contribution in [2.45, 2.75) is 29.0 Å². The molecular formula is C28H30N4O7S. The average molecular weight is 567 g/mol. The summed E-state index contributed by atoms with van der Waals surface area (Å²) in [5, 5.41) is 10.9. The highest BCUT2D eigenvalue weighted by atomic mass is 32.2. The minimum atomic E-state index is -4.42. The predicted molar refractivity (Wildman–Crippen MR) is 145 cm³/mol. The Morgan fingerprint density at radius 3 is 2.42 bits per heavy atom.